The van der Waals surface area contributed by atoms with Crippen molar-refractivity contribution in [3.63, 3.8) is 0 Å². The van der Waals surface area contributed by atoms with Crippen molar-refractivity contribution in [3.8, 4) is 0 Å². The summed E-state index contributed by atoms with van der Waals surface area (Å²) in [6.45, 7) is 6.41. The third-order valence-corrected chi connectivity index (χ3v) is 5.14. The van der Waals surface area contributed by atoms with Gasteiger partial charge in [0.05, 0.1) is 0 Å². The highest BCUT2D eigenvalue weighted by Gasteiger charge is 2.34. The molecule has 3 rings (SSSR count). The third-order valence-electron chi connectivity index (χ3n) is 5.14. The first-order chi connectivity index (χ1) is 10.3. The molecule has 1 aromatic heterocycles. The molecule has 0 radical (unpaired) electrons. The number of hydrogen-bond donors (Lipinski definition) is 1. The number of aromatic nitrogens is 2. The number of hydrogen-bond acceptors (Lipinski definition) is 4. The maximum absolute atomic E-state index is 4.68. The fourth-order valence-corrected chi connectivity index (χ4v) is 4.18. The van der Waals surface area contributed by atoms with Crippen molar-refractivity contribution in [3.05, 3.63) is 11.9 Å². The number of rotatable bonds is 4. The van der Waals surface area contributed by atoms with Crippen LogP contribution in [0.15, 0.2) is 6.33 Å². The number of anilines is 2. The highest BCUT2D eigenvalue weighted by molar-refractivity contribution is 5.59. The summed E-state index contributed by atoms with van der Waals surface area (Å²) in [5.41, 5.74) is 1.30. The molecule has 0 spiro atoms. The van der Waals surface area contributed by atoms with Crippen molar-refractivity contribution in [1.82, 2.24) is 9.97 Å². The SMILES string of the molecule is CCNc1ncnc(N2CCC[C@H]3CCCC[C@H]32)c1CC. The second kappa shape index (κ2) is 6.63. The van der Waals surface area contributed by atoms with Crippen LogP contribution in [0.25, 0.3) is 0 Å². The predicted molar refractivity (Wildman–Crippen MR) is 87.9 cm³/mol. The first-order valence-corrected chi connectivity index (χ1v) is 8.69. The number of nitrogens with one attached hydrogen (secondary N) is 1. The van der Waals surface area contributed by atoms with Crippen LogP contribution in [0.1, 0.15) is 57.9 Å². The van der Waals surface area contributed by atoms with Gasteiger partial charge in [-0.25, -0.2) is 9.97 Å². The van der Waals surface area contributed by atoms with Crippen LogP contribution in [0, 0.1) is 5.92 Å². The highest BCUT2D eigenvalue weighted by atomic mass is 15.2. The lowest BCUT2D eigenvalue weighted by molar-refractivity contribution is 0.242. The summed E-state index contributed by atoms with van der Waals surface area (Å²) in [6.07, 6.45) is 11.0. The van der Waals surface area contributed by atoms with E-state index < -0.39 is 0 Å². The minimum absolute atomic E-state index is 0.710. The van der Waals surface area contributed by atoms with E-state index in [0.717, 1.165) is 31.2 Å². The van der Waals surface area contributed by atoms with Gasteiger partial charge in [-0.2, -0.15) is 0 Å². The Morgan fingerprint density at radius 3 is 2.76 bits per heavy atom. The molecule has 4 nitrogen and oxygen atoms in total. The van der Waals surface area contributed by atoms with Gasteiger partial charge in [0.1, 0.15) is 18.0 Å². The van der Waals surface area contributed by atoms with Crippen LogP contribution >= 0.6 is 0 Å². The van der Waals surface area contributed by atoms with Crippen molar-refractivity contribution in [2.24, 2.45) is 5.92 Å². The largest absolute Gasteiger partial charge is 0.370 e. The van der Waals surface area contributed by atoms with Gasteiger partial charge in [-0.3, -0.25) is 0 Å². The average Bonchev–Trinajstić information content (AvgIpc) is 2.54. The molecule has 2 heterocycles. The van der Waals surface area contributed by atoms with Crippen LogP contribution in [-0.2, 0) is 6.42 Å². The number of nitrogens with zero attached hydrogens (tertiary/aromatic N) is 3. The van der Waals surface area contributed by atoms with E-state index in [9.17, 15) is 0 Å². The Labute approximate surface area is 128 Å². The van der Waals surface area contributed by atoms with E-state index in [1.165, 1.54) is 49.9 Å². The molecule has 0 amide bonds. The molecule has 0 bridgehead atoms. The predicted octanol–water partition coefficient (Wildman–Crippen LogP) is 3.63. The Balaban J connectivity index is 1.92. The number of fused-ring (bicyclic) bond motifs is 1. The smallest absolute Gasteiger partial charge is 0.137 e. The molecule has 2 fully saturated rings. The molecular formula is C17H28N4. The lowest BCUT2D eigenvalue weighted by Gasteiger charge is -2.45. The molecule has 2 atom stereocenters. The first-order valence-electron chi connectivity index (χ1n) is 8.69. The van der Waals surface area contributed by atoms with Crippen LogP contribution < -0.4 is 10.2 Å². The van der Waals surface area contributed by atoms with Gasteiger partial charge >= 0.3 is 0 Å². The van der Waals surface area contributed by atoms with Crippen molar-refractivity contribution in [2.75, 3.05) is 23.3 Å². The van der Waals surface area contributed by atoms with Gasteiger partial charge in [0.15, 0.2) is 0 Å². The first kappa shape index (κ1) is 14.6. The van der Waals surface area contributed by atoms with E-state index in [0.29, 0.717) is 6.04 Å². The van der Waals surface area contributed by atoms with Crippen LogP contribution in [-0.4, -0.2) is 29.1 Å². The second-order valence-corrected chi connectivity index (χ2v) is 6.36. The van der Waals surface area contributed by atoms with Gasteiger partial charge in [-0.05, 0) is 44.9 Å². The Morgan fingerprint density at radius 2 is 1.95 bits per heavy atom. The summed E-state index contributed by atoms with van der Waals surface area (Å²) < 4.78 is 0. The quantitative estimate of drug-likeness (QED) is 0.918. The fourth-order valence-electron chi connectivity index (χ4n) is 4.18. The Bertz CT molecular complexity index is 472. The maximum atomic E-state index is 4.68. The lowest BCUT2D eigenvalue weighted by atomic mass is 9.78. The molecular weight excluding hydrogens is 260 g/mol. The summed E-state index contributed by atoms with van der Waals surface area (Å²) in [4.78, 5) is 11.7. The van der Waals surface area contributed by atoms with Gasteiger partial charge in [-0.1, -0.05) is 19.8 Å². The fraction of sp³-hybridized carbons (Fsp3) is 0.765. The molecule has 2 aliphatic rings. The van der Waals surface area contributed by atoms with E-state index >= 15 is 0 Å². The summed E-state index contributed by atoms with van der Waals surface area (Å²) in [6, 6.07) is 0.710. The zero-order chi connectivity index (χ0) is 14.7. The maximum Gasteiger partial charge on any atom is 0.137 e. The summed E-state index contributed by atoms with van der Waals surface area (Å²) in [7, 11) is 0. The van der Waals surface area contributed by atoms with Gasteiger partial charge in [0.2, 0.25) is 0 Å². The zero-order valence-corrected chi connectivity index (χ0v) is 13.4. The molecule has 1 saturated heterocycles. The molecule has 21 heavy (non-hydrogen) atoms. The Morgan fingerprint density at radius 1 is 1.14 bits per heavy atom. The molecule has 0 unspecified atom stereocenters. The Kier molecular flexibility index (Phi) is 4.61. The Hall–Kier alpha value is -1.32. The number of piperidine rings is 1. The highest BCUT2D eigenvalue weighted by Crippen LogP contribution is 2.38. The molecule has 116 valence electrons. The van der Waals surface area contributed by atoms with E-state index in [4.69, 9.17) is 0 Å². The third kappa shape index (κ3) is 2.85. The van der Waals surface area contributed by atoms with E-state index in [1.807, 2.05) is 0 Å². The summed E-state index contributed by atoms with van der Waals surface area (Å²) in [5, 5.41) is 3.40. The van der Waals surface area contributed by atoms with Crippen LogP contribution in [0.4, 0.5) is 11.6 Å². The summed E-state index contributed by atoms with van der Waals surface area (Å²) >= 11 is 0. The zero-order valence-electron chi connectivity index (χ0n) is 13.4. The van der Waals surface area contributed by atoms with E-state index in [2.05, 4.69) is 34.0 Å². The molecule has 0 aromatic carbocycles. The van der Waals surface area contributed by atoms with Crippen LogP contribution in [0.2, 0.25) is 0 Å². The molecule has 1 N–H and O–H groups in total. The van der Waals surface area contributed by atoms with Gasteiger partial charge in [0, 0.05) is 24.7 Å². The van der Waals surface area contributed by atoms with E-state index in [1.54, 1.807) is 6.33 Å². The van der Waals surface area contributed by atoms with Gasteiger partial charge in [0.25, 0.3) is 0 Å². The molecule has 1 saturated carbocycles. The minimum atomic E-state index is 0.710. The topological polar surface area (TPSA) is 41.1 Å². The van der Waals surface area contributed by atoms with Gasteiger partial charge in [-0.15, -0.1) is 0 Å². The second-order valence-electron chi connectivity index (χ2n) is 6.36. The van der Waals surface area contributed by atoms with Gasteiger partial charge < -0.3 is 10.2 Å². The monoisotopic (exact) mass is 288 g/mol. The van der Waals surface area contributed by atoms with Crippen LogP contribution in [0.3, 0.4) is 0 Å². The lowest BCUT2D eigenvalue weighted by Crippen LogP contribution is -2.47. The summed E-state index contributed by atoms with van der Waals surface area (Å²) in [5.74, 6) is 3.11. The van der Waals surface area contributed by atoms with Crippen LogP contribution in [0.5, 0.6) is 0 Å². The van der Waals surface area contributed by atoms with E-state index in [-0.39, 0.29) is 0 Å². The average molecular weight is 288 g/mol. The molecule has 1 aliphatic heterocycles. The van der Waals surface area contributed by atoms with Crippen molar-refractivity contribution >= 4 is 11.6 Å². The molecule has 1 aromatic rings. The normalized spacial score (nSPS) is 25.5. The van der Waals surface area contributed by atoms with Crippen molar-refractivity contribution in [1.29, 1.82) is 0 Å². The molecule has 4 heteroatoms. The van der Waals surface area contributed by atoms with Crippen molar-refractivity contribution in [2.45, 2.75) is 64.8 Å². The standard InChI is InChI=1S/C17H28N4/c1-3-14-16(18-4-2)19-12-20-17(14)21-11-7-9-13-8-5-6-10-15(13)21/h12-13,15H,3-11H2,1-2H3,(H,18,19,20)/t13-,15-/m1/s1. The minimum Gasteiger partial charge on any atom is -0.370 e. The molecule has 1 aliphatic carbocycles. The van der Waals surface area contributed by atoms with Crippen molar-refractivity contribution < 1.29 is 0 Å².